The molecule has 1 rings (SSSR count). The Labute approximate surface area is 133 Å². The molecular formula is C16H27ClN2O2. The Morgan fingerprint density at radius 3 is 2.43 bits per heavy atom. The second kappa shape index (κ2) is 10.5. The molecule has 0 aromatic heterocycles. The summed E-state index contributed by atoms with van der Waals surface area (Å²) < 4.78 is 5.58. The summed E-state index contributed by atoms with van der Waals surface area (Å²) in [5, 5.41) is 2.78. The van der Waals surface area contributed by atoms with Crippen LogP contribution < -0.4 is 15.8 Å². The SMILES string of the molecule is CCCC(N)C(=O)NCCOc1ccc(C(C)C)cc1.Cl. The molecule has 0 saturated heterocycles. The first kappa shape index (κ1) is 19.7. The smallest absolute Gasteiger partial charge is 0.237 e. The highest BCUT2D eigenvalue weighted by molar-refractivity contribution is 5.85. The van der Waals surface area contributed by atoms with E-state index in [1.807, 2.05) is 19.1 Å². The summed E-state index contributed by atoms with van der Waals surface area (Å²) >= 11 is 0. The van der Waals surface area contributed by atoms with E-state index in [1.54, 1.807) is 0 Å². The number of nitrogens with one attached hydrogen (secondary N) is 1. The van der Waals surface area contributed by atoms with E-state index in [0.29, 0.717) is 25.5 Å². The highest BCUT2D eigenvalue weighted by Crippen LogP contribution is 2.18. The molecule has 1 atom stereocenters. The Hall–Kier alpha value is -1.26. The molecule has 120 valence electrons. The van der Waals surface area contributed by atoms with Gasteiger partial charge in [-0.3, -0.25) is 4.79 Å². The normalized spacial score (nSPS) is 11.7. The molecule has 5 heteroatoms. The van der Waals surface area contributed by atoms with Crippen LogP contribution in [0.5, 0.6) is 5.75 Å². The minimum absolute atomic E-state index is 0. The molecule has 3 N–H and O–H groups in total. The number of amides is 1. The van der Waals surface area contributed by atoms with E-state index in [9.17, 15) is 4.79 Å². The van der Waals surface area contributed by atoms with Crippen LogP contribution in [0.15, 0.2) is 24.3 Å². The molecular weight excluding hydrogens is 288 g/mol. The van der Waals surface area contributed by atoms with Gasteiger partial charge in [0.25, 0.3) is 0 Å². The molecule has 4 nitrogen and oxygen atoms in total. The van der Waals surface area contributed by atoms with Crippen LogP contribution in [0.1, 0.15) is 45.1 Å². The van der Waals surface area contributed by atoms with Crippen molar-refractivity contribution in [2.75, 3.05) is 13.2 Å². The lowest BCUT2D eigenvalue weighted by molar-refractivity contribution is -0.122. The van der Waals surface area contributed by atoms with E-state index < -0.39 is 6.04 Å². The van der Waals surface area contributed by atoms with Crippen LogP contribution in [-0.2, 0) is 4.79 Å². The lowest BCUT2D eigenvalue weighted by Gasteiger charge is -2.12. The highest BCUT2D eigenvalue weighted by atomic mass is 35.5. The second-order valence-corrected chi connectivity index (χ2v) is 5.26. The van der Waals surface area contributed by atoms with Crippen LogP contribution in [0.25, 0.3) is 0 Å². The fourth-order valence-corrected chi connectivity index (χ4v) is 1.87. The zero-order valence-electron chi connectivity index (χ0n) is 13.1. The number of ether oxygens (including phenoxy) is 1. The Morgan fingerprint density at radius 1 is 1.29 bits per heavy atom. The number of benzene rings is 1. The monoisotopic (exact) mass is 314 g/mol. The van der Waals surface area contributed by atoms with Crippen LogP contribution in [-0.4, -0.2) is 25.1 Å². The van der Waals surface area contributed by atoms with Crippen molar-refractivity contribution in [1.29, 1.82) is 0 Å². The van der Waals surface area contributed by atoms with Gasteiger partial charge in [-0.2, -0.15) is 0 Å². The van der Waals surface area contributed by atoms with Crippen LogP contribution in [0.4, 0.5) is 0 Å². The molecule has 1 aromatic carbocycles. The largest absolute Gasteiger partial charge is 0.492 e. The van der Waals surface area contributed by atoms with Crippen molar-refractivity contribution in [2.45, 2.75) is 45.6 Å². The zero-order chi connectivity index (χ0) is 15.0. The number of rotatable bonds is 8. The minimum Gasteiger partial charge on any atom is -0.492 e. The highest BCUT2D eigenvalue weighted by Gasteiger charge is 2.10. The van der Waals surface area contributed by atoms with Crippen molar-refractivity contribution < 1.29 is 9.53 Å². The molecule has 1 unspecified atom stereocenters. The quantitative estimate of drug-likeness (QED) is 0.725. The van der Waals surface area contributed by atoms with Gasteiger partial charge in [-0.25, -0.2) is 0 Å². The molecule has 0 saturated carbocycles. The van der Waals surface area contributed by atoms with Crippen molar-refractivity contribution >= 4 is 18.3 Å². The third-order valence-corrected chi connectivity index (χ3v) is 3.15. The first-order valence-corrected chi connectivity index (χ1v) is 7.30. The lowest BCUT2D eigenvalue weighted by atomic mass is 10.0. The number of hydrogen-bond donors (Lipinski definition) is 2. The van der Waals surface area contributed by atoms with Crippen molar-refractivity contribution in [3.63, 3.8) is 0 Å². The molecule has 0 aliphatic carbocycles. The summed E-state index contributed by atoms with van der Waals surface area (Å²) in [6, 6.07) is 7.64. The molecule has 0 spiro atoms. The third kappa shape index (κ3) is 7.34. The Kier molecular flexibility index (Phi) is 9.84. The summed E-state index contributed by atoms with van der Waals surface area (Å²) in [5.41, 5.74) is 7.00. The summed E-state index contributed by atoms with van der Waals surface area (Å²) in [5.74, 6) is 1.23. The molecule has 0 fully saturated rings. The molecule has 0 bridgehead atoms. The Morgan fingerprint density at radius 2 is 1.90 bits per heavy atom. The summed E-state index contributed by atoms with van der Waals surface area (Å²) in [6.45, 7) is 7.25. The van der Waals surface area contributed by atoms with E-state index in [0.717, 1.165) is 12.2 Å². The number of halogens is 1. The number of carbonyl (C=O) groups excluding carboxylic acids is 1. The average Bonchev–Trinajstić information content (AvgIpc) is 2.44. The predicted octanol–water partition coefficient (Wildman–Crippen LogP) is 2.85. The number of carbonyl (C=O) groups is 1. The van der Waals surface area contributed by atoms with Crippen LogP contribution in [0.2, 0.25) is 0 Å². The predicted molar refractivity (Wildman–Crippen MR) is 89.2 cm³/mol. The van der Waals surface area contributed by atoms with Crippen LogP contribution in [0, 0.1) is 0 Å². The van der Waals surface area contributed by atoms with Crippen molar-refractivity contribution in [1.82, 2.24) is 5.32 Å². The Balaban J connectivity index is 0.00000400. The van der Waals surface area contributed by atoms with E-state index in [-0.39, 0.29) is 18.3 Å². The van der Waals surface area contributed by atoms with Gasteiger partial charge in [0.2, 0.25) is 5.91 Å². The van der Waals surface area contributed by atoms with E-state index in [4.69, 9.17) is 10.5 Å². The molecule has 1 aromatic rings. The van der Waals surface area contributed by atoms with Gasteiger partial charge in [-0.05, 0) is 30.0 Å². The van der Waals surface area contributed by atoms with Crippen molar-refractivity contribution in [2.24, 2.45) is 5.73 Å². The van der Waals surface area contributed by atoms with Crippen molar-refractivity contribution in [3.05, 3.63) is 29.8 Å². The molecule has 1 amide bonds. The van der Waals surface area contributed by atoms with Gasteiger partial charge in [0.15, 0.2) is 0 Å². The lowest BCUT2D eigenvalue weighted by Crippen LogP contribution is -2.41. The Bertz CT molecular complexity index is 407. The van der Waals surface area contributed by atoms with Gasteiger partial charge < -0.3 is 15.8 Å². The third-order valence-electron chi connectivity index (χ3n) is 3.15. The standard InChI is InChI=1S/C16H26N2O2.ClH/c1-4-5-15(17)16(19)18-10-11-20-14-8-6-13(7-9-14)12(2)3;/h6-9,12,15H,4-5,10-11,17H2,1-3H3,(H,18,19);1H. The molecule has 21 heavy (non-hydrogen) atoms. The topological polar surface area (TPSA) is 64.4 Å². The molecule has 0 aliphatic rings. The van der Waals surface area contributed by atoms with Gasteiger partial charge in [0.1, 0.15) is 12.4 Å². The minimum atomic E-state index is -0.412. The average molecular weight is 315 g/mol. The summed E-state index contributed by atoms with van der Waals surface area (Å²) in [6.07, 6.45) is 1.62. The maximum atomic E-state index is 11.6. The number of nitrogens with two attached hydrogens (primary N) is 1. The fourth-order valence-electron chi connectivity index (χ4n) is 1.87. The number of hydrogen-bond acceptors (Lipinski definition) is 3. The van der Waals surface area contributed by atoms with Gasteiger partial charge >= 0.3 is 0 Å². The van der Waals surface area contributed by atoms with Gasteiger partial charge in [-0.15, -0.1) is 12.4 Å². The first-order valence-electron chi connectivity index (χ1n) is 7.30. The first-order chi connectivity index (χ1) is 9.54. The van der Waals surface area contributed by atoms with Gasteiger partial charge in [0.05, 0.1) is 12.6 Å². The van der Waals surface area contributed by atoms with Gasteiger partial charge in [0, 0.05) is 0 Å². The molecule has 0 heterocycles. The van der Waals surface area contributed by atoms with Crippen molar-refractivity contribution in [3.8, 4) is 5.75 Å². The maximum Gasteiger partial charge on any atom is 0.237 e. The zero-order valence-corrected chi connectivity index (χ0v) is 13.9. The second-order valence-electron chi connectivity index (χ2n) is 5.26. The molecule has 0 aliphatic heterocycles. The van der Waals surface area contributed by atoms with E-state index >= 15 is 0 Å². The summed E-state index contributed by atoms with van der Waals surface area (Å²) in [7, 11) is 0. The molecule has 0 radical (unpaired) electrons. The fraction of sp³-hybridized carbons (Fsp3) is 0.562. The van der Waals surface area contributed by atoms with Crippen LogP contribution >= 0.6 is 12.4 Å². The maximum absolute atomic E-state index is 11.6. The van der Waals surface area contributed by atoms with E-state index in [1.165, 1.54) is 5.56 Å². The van der Waals surface area contributed by atoms with E-state index in [2.05, 4.69) is 31.3 Å². The summed E-state index contributed by atoms with van der Waals surface area (Å²) in [4.78, 5) is 11.6. The van der Waals surface area contributed by atoms with Gasteiger partial charge in [-0.1, -0.05) is 39.3 Å². The van der Waals surface area contributed by atoms with Crippen LogP contribution in [0.3, 0.4) is 0 Å².